The monoisotopic (exact) mass is 262 g/mol. The highest BCUT2D eigenvalue weighted by Gasteiger charge is 2.03. The molecular weight excluding hydrogens is 248 g/mol. The van der Waals surface area contributed by atoms with Crippen LogP contribution in [0.25, 0.3) is 0 Å². The number of nitrogens with one attached hydrogen (secondary N) is 1. The average Bonchev–Trinajstić information content (AvgIpc) is 2.84. The Labute approximate surface area is 109 Å². The summed E-state index contributed by atoms with van der Waals surface area (Å²) in [5, 5.41) is 11.3. The molecule has 0 amide bonds. The van der Waals surface area contributed by atoms with Crippen LogP contribution in [0.5, 0.6) is 11.5 Å². The van der Waals surface area contributed by atoms with E-state index in [0.29, 0.717) is 17.4 Å². The van der Waals surface area contributed by atoms with Gasteiger partial charge in [0, 0.05) is 0 Å². The van der Waals surface area contributed by atoms with Crippen LogP contribution >= 0.6 is 0 Å². The lowest BCUT2D eigenvalue weighted by Gasteiger charge is -2.07. The van der Waals surface area contributed by atoms with Gasteiger partial charge in [-0.2, -0.15) is 5.10 Å². The molecular formula is C11H14N6O2. The molecule has 100 valence electrons. The first-order chi connectivity index (χ1) is 9.24. The maximum absolute atomic E-state index is 5.52. The lowest BCUT2D eigenvalue weighted by molar-refractivity contribution is 0.355. The molecule has 0 aliphatic carbocycles. The van der Waals surface area contributed by atoms with Crippen molar-refractivity contribution in [2.45, 2.75) is 0 Å². The van der Waals surface area contributed by atoms with E-state index in [1.54, 1.807) is 32.6 Å². The van der Waals surface area contributed by atoms with E-state index in [1.807, 2.05) is 6.07 Å². The van der Waals surface area contributed by atoms with Crippen molar-refractivity contribution in [1.82, 2.24) is 14.9 Å². The quantitative estimate of drug-likeness (QED) is 0.461. The van der Waals surface area contributed by atoms with Gasteiger partial charge in [0.05, 0.1) is 20.4 Å². The Morgan fingerprint density at radius 2 is 2.11 bits per heavy atom. The Kier molecular flexibility index (Phi) is 3.81. The predicted molar refractivity (Wildman–Crippen MR) is 70.9 cm³/mol. The molecule has 0 fully saturated rings. The van der Waals surface area contributed by atoms with Crippen LogP contribution in [0, 0.1) is 0 Å². The number of benzene rings is 1. The van der Waals surface area contributed by atoms with Crippen molar-refractivity contribution in [2.24, 2.45) is 5.10 Å². The molecule has 2 aromatic rings. The van der Waals surface area contributed by atoms with Gasteiger partial charge in [0.25, 0.3) is 5.95 Å². The normalized spacial score (nSPS) is 10.6. The second-order valence-electron chi connectivity index (χ2n) is 3.55. The molecule has 1 aromatic heterocycles. The number of aromatic nitrogens is 3. The lowest BCUT2D eigenvalue weighted by Crippen LogP contribution is -2.10. The number of ether oxygens (including phenoxy) is 2. The number of anilines is 1. The van der Waals surface area contributed by atoms with Gasteiger partial charge in [-0.05, 0) is 23.8 Å². The number of hydrazone groups is 1. The number of hydrogen-bond acceptors (Lipinski definition) is 7. The van der Waals surface area contributed by atoms with Crippen molar-refractivity contribution >= 4 is 12.2 Å². The Morgan fingerprint density at radius 3 is 2.74 bits per heavy atom. The number of nitrogens with two attached hydrogens (primary N) is 1. The van der Waals surface area contributed by atoms with E-state index in [-0.39, 0.29) is 0 Å². The molecule has 0 aliphatic heterocycles. The first kappa shape index (κ1) is 12.7. The van der Waals surface area contributed by atoms with Gasteiger partial charge >= 0.3 is 0 Å². The van der Waals surface area contributed by atoms with E-state index >= 15 is 0 Å². The van der Waals surface area contributed by atoms with Gasteiger partial charge in [-0.3, -0.25) is 0 Å². The van der Waals surface area contributed by atoms with Crippen LogP contribution in [0.2, 0.25) is 0 Å². The van der Waals surface area contributed by atoms with Crippen molar-refractivity contribution in [3.05, 3.63) is 30.1 Å². The maximum Gasteiger partial charge on any atom is 0.263 e. The largest absolute Gasteiger partial charge is 0.493 e. The fraction of sp³-hybridized carbons (Fsp3) is 0.182. The number of hydrogen-bond donors (Lipinski definition) is 2. The molecule has 2 rings (SSSR count). The summed E-state index contributed by atoms with van der Waals surface area (Å²) in [7, 11) is 3.16. The Balaban J connectivity index is 2.09. The van der Waals surface area contributed by atoms with Crippen molar-refractivity contribution in [3.63, 3.8) is 0 Å². The summed E-state index contributed by atoms with van der Waals surface area (Å²) < 4.78 is 11.6. The zero-order valence-corrected chi connectivity index (χ0v) is 10.6. The molecule has 0 aliphatic rings. The molecule has 0 bridgehead atoms. The molecule has 0 saturated carbocycles. The van der Waals surface area contributed by atoms with E-state index in [2.05, 4.69) is 20.7 Å². The minimum Gasteiger partial charge on any atom is -0.493 e. The second kappa shape index (κ2) is 5.71. The molecule has 0 unspecified atom stereocenters. The van der Waals surface area contributed by atoms with Gasteiger partial charge < -0.3 is 15.3 Å². The third kappa shape index (κ3) is 2.92. The molecule has 8 heteroatoms. The highest BCUT2D eigenvalue weighted by molar-refractivity contribution is 5.81. The number of rotatable bonds is 5. The van der Waals surface area contributed by atoms with E-state index in [0.717, 1.165) is 5.56 Å². The van der Waals surface area contributed by atoms with Gasteiger partial charge in [0.1, 0.15) is 6.33 Å². The van der Waals surface area contributed by atoms with Crippen molar-refractivity contribution in [3.8, 4) is 11.5 Å². The Morgan fingerprint density at radius 1 is 1.32 bits per heavy atom. The molecule has 0 saturated heterocycles. The summed E-state index contributed by atoms with van der Waals surface area (Å²) in [6.07, 6.45) is 2.98. The third-order valence-corrected chi connectivity index (χ3v) is 2.36. The van der Waals surface area contributed by atoms with E-state index in [4.69, 9.17) is 15.3 Å². The molecule has 0 radical (unpaired) electrons. The maximum atomic E-state index is 5.52. The molecule has 0 spiro atoms. The van der Waals surface area contributed by atoms with Crippen LogP contribution in [-0.4, -0.2) is 35.3 Å². The highest BCUT2D eigenvalue weighted by atomic mass is 16.5. The minimum atomic E-state index is 0.344. The zero-order chi connectivity index (χ0) is 13.7. The van der Waals surface area contributed by atoms with Gasteiger partial charge in [-0.1, -0.05) is 0 Å². The minimum absolute atomic E-state index is 0.344. The van der Waals surface area contributed by atoms with E-state index in [1.165, 1.54) is 11.0 Å². The van der Waals surface area contributed by atoms with E-state index < -0.39 is 0 Å². The molecule has 3 N–H and O–H groups in total. The Hall–Kier alpha value is -2.77. The second-order valence-corrected chi connectivity index (χ2v) is 3.55. The van der Waals surface area contributed by atoms with Crippen molar-refractivity contribution < 1.29 is 9.47 Å². The van der Waals surface area contributed by atoms with Crippen molar-refractivity contribution in [1.29, 1.82) is 0 Å². The standard InChI is InChI=1S/C11H14N6O2/c1-18-9-4-3-8(5-10(9)19-2)6-13-15-11-16-14-7-17(11)12/h3-7H,12H2,1-2H3,(H,15,16)/b13-6+. The SMILES string of the molecule is COc1ccc(/C=N/Nc2nncn2N)cc1OC. The van der Waals surface area contributed by atoms with Crippen LogP contribution in [0.3, 0.4) is 0 Å². The van der Waals surface area contributed by atoms with Crippen molar-refractivity contribution in [2.75, 3.05) is 25.5 Å². The van der Waals surface area contributed by atoms with Gasteiger partial charge in [-0.15, -0.1) is 10.2 Å². The fourth-order valence-corrected chi connectivity index (χ4v) is 1.42. The number of nitrogens with zero attached hydrogens (tertiary/aromatic N) is 4. The van der Waals surface area contributed by atoms with Gasteiger partial charge in [0.2, 0.25) is 0 Å². The topological polar surface area (TPSA) is 99.6 Å². The van der Waals surface area contributed by atoms with Gasteiger partial charge in [0.15, 0.2) is 11.5 Å². The fourth-order valence-electron chi connectivity index (χ4n) is 1.42. The van der Waals surface area contributed by atoms with Crippen LogP contribution in [-0.2, 0) is 0 Å². The van der Waals surface area contributed by atoms with Crippen LogP contribution in [0.4, 0.5) is 5.95 Å². The molecule has 0 atom stereocenters. The summed E-state index contributed by atoms with van der Waals surface area (Å²) >= 11 is 0. The first-order valence-corrected chi connectivity index (χ1v) is 5.41. The predicted octanol–water partition coefficient (Wildman–Crippen LogP) is 0.455. The average molecular weight is 262 g/mol. The summed E-state index contributed by atoms with van der Waals surface area (Å²) in [6.45, 7) is 0. The molecule has 1 heterocycles. The third-order valence-electron chi connectivity index (χ3n) is 2.36. The summed E-state index contributed by atoms with van der Waals surface area (Å²) in [5.41, 5.74) is 3.51. The lowest BCUT2D eigenvalue weighted by atomic mass is 10.2. The van der Waals surface area contributed by atoms with Crippen LogP contribution in [0.15, 0.2) is 29.6 Å². The number of methoxy groups -OCH3 is 2. The number of nitrogen functional groups attached to an aromatic ring is 1. The van der Waals surface area contributed by atoms with E-state index in [9.17, 15) is 0 Å². The molecule has 19 heavy (non-hydrogen) atoms. The van der Waals surface area contributed by atoms with Gasteiger partial charge in [-0.25, -0.2) is 10.1 Å². The summed E-state index contributed by atoms with van der Waals surface area (Å²) in [6, 6.07) is 5.45. The summed E-state index contributed by atoms with van der Waals surface area (Å²) in [4.78, 5) is 0. The highest BCUT2D eigenvalue weighted by Crippen LogP contribution is 2.26. The Bertz CT molecular complexity index is 580. The molecule has 8 nitrogen and oxygen atoms in total. The smallest absolute Gasteiger partial charge is 0.263 e. The van der Waals surface area contributed by atoms with Crippen LogP contribution in [0.1, 0.15) is 5.56 Å². The van der Waals surface area contributed by atoms with Crippen LogP contribution < -0.4 is 20.7 Å². The first-order valence-electron chi connectivity index (χ1n) is 5.41. The zero-order valence-electron chi connectivity index (χ0n) is 10.6. The molecule has 1 aromatic carbocycles. The summed E-state index contributed by atoms with van der Waals surface area (Å²) in [5.74, 6) is 7.16.